The summed E-state index contributed by atoms with van der Waals surface area (Å²) in [5.41, 5.74) is 1.51. The quantitative estimate of drug-likeness (QED) is 0.771. The highest BCUT2D eigenvalue weighted by Gasteiger charge is 2.52. The van der Waals surface area contributed by atoms with Crippen LogP contribution in [-0.4, -0.2) is 73.5 Å². The van der Waals surface area contributed by atoms with Crippen molar-refractivity contribution < 1.29 is 4.74 Å². The van der Waals surface area contributed by atoms with E-state index in [1.165, 1.54) is 5.56 Å². The summed E-state index contributed by atoms with van der Waals surface area (Å²) in [6, 6.07) is 2.80. The van der Waals surface area contributed by atoms with Gasteiger partial charge in [-0.25, -0.2) is 9.97 Å². The highest BCUT2D eigenvalue weighted by Crippen LogP contribution is 2.39. The minimum absolute atomic E-state index is 0.191. The normalized spacial score (nSPS) is 30.0. The van der Waals surface area contributed by atoms with Gasteiger partial charge >= 0.3 is 0 Å². The number of hydrogen-bond acceptors (Lipinski definition) is 8. The first-order valence-corrected chi connectivity index (χ1v) is 9.88. The van der Waals surface area contributed by atoms with E-state index in [1.807, 2.05) is 0 Å². The van der Waals surface area contributed by atoms with Crippen molar-refractivity contribution in [3.63, 3.8) is 0 Å². The lowest BCUT2D eigenvalue weighted by Gasteiger charge is -2.51. The molecule has 0 spiro atoms. The number of fused-ring (bicyclic) bond motifs is 1. The van der Waals surface area contributed by atoms with Crippen LogP contribution in [-0.2, 0) is 17.7 Å². The maximum absolute atomic E-state index is 10.2. The lowest BCUT2D eigenvalue weighted by atomic mass is 9.84. The number of nitrogens with zero attached hydrogens (tertiary/aromatic N) is 5. The topological polar surface area (TPSA) is 89.3 Å². The van der Waals surface area contributed by atoms with E-state index in [2.05, 4.69) is 43.5 Å². The molecule has 1 aromatic rings. The SMILES string of the molecule is COC1([C@H](C#N)C2CCCN2C)CNCCN1c1ncnc2c1CCNC2. The molecule has 8 nitrogen and oxygen atoms in total. The van der Waals surface area contributed by atoms with Gasteiger partial charge in [-0.2, -0.15) is 5.26 Å². The number of piperazine rings is 1. The number of anilines is 1. The molecule has 0 amide bonds. The molecule has 0 saturated carbocycles. The molecule has 1 aromatic heterocycles. The number of hydrogen-bond donors (Lipinski definition) is 2. The van der Waals surface area contributed by atoms with Crippen molar-refractivity contribution in [2.45, 2.75) is 37.6 Å². The molecule has 8 heteroatoms. The van der Waals surface area contributed by atoms with Gasteiger partial charge in [0.25, 0.3) is 0 Å². The summed E-state index contributed by atoms with van der Waals surface area (Å²) in [4.78, 5) is 13.7. The molecule has 3 atom stereocenters. The zero-order valence-electron chi connectivity index (χ0n) is 16.2. The fourth-order valence-corrected chi connectivity index (χ4v) is 4.96. The third-order valence-electron chi connectivity index (χ3n) is 6.40. The van der Waals surface area contributed by atoms with Crippen LogP contribution >= 0.6 is 0 Å². The summed E-state index contributed by atoms with van der Waals surface area (Å²) in [6.07, 6.45) is 4.70. The smallest absolute Gasteiger partial charge is 0.171 e. The van der Waals surface area contributed by atoms with Crippen molar-refractivity contribution >= 4 is 5.82 Å². The van der Waals surface area contributed by atoms with Crippen molar-refractivity contribution in [3.8, 4) is 6.07 Å². The number of nitriles is 1. The van der Waals surface area contributed by atoms with Crippen LogP contribution in [0.2, 0.25) is 0 Å². The van der Waals surface area contributed by atoms with Crippen molar-refractivity contribution in [1.29, 1.82) is 5.26 Å². The molecule has 2 fully saturated rings. The van der Waals surface area contributed by atoms with E-state index in [-0.39, 0.29) is 12.0 Å². The Kier molecular flexibility index (Phi) is 5.28. The Bertz CT molecular complexity index is 720. The molecule has 3 aliphatic rings. The molecule has 0 radical (unpaired) electrons. The van der Waals surface area contributed by atoms with Gasteiger partial charge in [0.15, 0.2) is 5.72 Å². The van der Waals surface area contributed by atoms with Crippen molar-refractivity contribution in [2.24, 2.45) is 5.92 Å². The van der Waals surface area contributed by atoms with Crippen LogP contribution in [0.15, 0.2) is 6.33 Å². The number of rotatable bonds is 4. The molecule has 27 heavy (non-hydrogen) atoms. The molecule has 2 saturated heterocycles. The molecule has 4 rings (SSSR count). The molecule has 4 heterocycles. The first kappa shape index (κ1) is 18.6. The predicted molar refractivity (Wildman–Crippen MR) is 102 cm³/mol. The summed E-state index contributed by atoms with van der Waals surface area (Å²) < 4.78 is 6.19. The zero-order valence-corrected chi connectivity index (χ0v) is 16.2. The molecule has 0 aliphatic carbocycles. The van der Waals surface area contributed by atoms with E-state index >= 15 is 0 Å². The van der Waals surface area contributed by atoms with Gasteiger partial charge in [0.2, 0.25) is 0 Å². The maximum Gasteiger partial charge on any atom is 0.171 e. The van der Waals surface area contributed by atoms with Crippen LogP contribution in [0.4, 0.5) is 5.82 Å². The summed E-state index contributed by atoms with van der Waals surface area (Å²) in [5.74, 6) is 0.667. The number of likely N-dealkylation sites (tertiary alicyclic amines) is 1. The molecule has 2 N–H and O–H groups in total. The number of aromatic nitrogens is 2. The monoisotopic (exact) mass is 371 g/mol. The number of ether oxygens (including phenoxy) is 1. The Hall–Kier alpha value is -1.79. The van der Waals surface area contributed by atoms with Crippen LogP contribution in [0.5, 0.6) is 0 Å². The summed E-state index contributed by atoms with van der Waals surface area (Å²) >= 11 is 0. The van der Waals surface area contributed by atoms with Gasteiger partial charge in [-0.1, -0.05) is 0 Å². The molecule has 0 aromatic carbocycles. The Labute approximate surface area is 160 Å². The van der Waals surface area contributed by atoms with Gasteiger partial charge in [0.05, 0.1) is 11.8 Å². The largest absolute Gasteiger partial charge is 0.356 e. The van der Waals surface area contributed by atoms with Crippen molar-refractivity contribution in [3.05, 3.63) is 17.6 Å². The van der Waals surface area contributed by atoms with E-state index in [4.69, 9.17) is 4.74 Å². The van der Waals surface area contributed by atoms with E-state index in [1.54, 1.807) is 13.4 Å². The zero-order chi connectivity index (χ0) is 18.9. The van der Waals surface area contributed by atoms with Crippen LogP contribution in [0.3, 0.4) is 0 Å². The molecule has 146 valence electrons. The molecular weight excluding hydrogens is 342 g/mol. The first-order chi connectivity index (χ1) is 13.2. The average molecular weight is 371 g/mol. The second-order valence-corrected chi connectivity index (χ2v) is 7.72. The highest BCUT2D eigenvalue weighted by atomic mass is 16.5. The molecule has 0 bridgehead atoms. The minimum Gasteiger partial charge on any atom is -0.356 e. The van der Waals surface area contributed by atoms with E-state index in [0.717, 1.165) is 63.5 Å². The summed E-state index contributed by atoms with van der Waals surface area (Å²) in [7, 11) is 3.85. The lowest BCUT2D eigenvalue weighted by molar-refractivity contribution is -0.0685. The van der Waals surface area contributed by atoms with Gasteiger partial charge < -0.3 is 25.2 Å². The third kappa shape index (κ3) is 3.09. The van der Waals surface area contributed by atoms with Gasteiger partial charge in [-0.05, 0) is 39.4 Å². The fraction of sp³-hybridized carbons (Fsp3) is 0.737. The second kappa shape index (κ2) is 7.68. The Morgan fingerprint density at radius 2 is 2.22 bits per heavy atom. The summed E-state index contributed by atoms with van der Waals surface area (Å²) in [5, 5.41) is 17.0. The standard InChI is InChI=1S/C19H29N7O/c1-25-8-3-4-17(25)15(10-20)19(27-2)12-22-7-9-26(19)18-14-5-6-21-11-16(14)23-13-24-18/h13,15,17,21-22H,3-9,11-12H2,1-2H3/t15-,17?,19?/m1/s1. The van der Waals surface area contributed by atoms with Crippen LogP contribution in [0, 0.1) is 17.2 Å². The lowest BCUT2D eigenvalue weighted by Crippen LogP contribution is -2.69. The van der Waals surface area contributed by atoms with E-state index < -0.39 is 5.72 Å². The van der Waals surface area contributed by atoms with E-state index in [0.29, 0.717) is 6.54 Å². The second-order valence-electron chi connectivity index (χ2n) is 7.72. The Morgan fingerprint density at radius 3 is 2.96 bits per heavy atom. The number of methoxy groups -OCH3 is 1. The van der Waals surface area contributed by atoms with Gasteiger partial charge in [-0.15, -0.1) is 0 Å². The van der Waals surface area contributed by atoms with Crippen molar-refractivity contribution in [2.75, 3.05) is 51.8 Å². The molecular formula is C19H29N7O. The van der Waals surface area contributed by atoms with Gasteiger partial charge in [0, 0.05) is 44.9 Å². The third-order valence-corrected chi connectivity index (χ3v) is 6.40. The maximum atomic E-state index is 10.2. The van der Waals surface area contributed by atoms with Gasteiger partial charge in [-0.3, -0.25) is 0 Å². The van der Waals surface area contributed by atoms with Crippen LogP contribution in [0.1, 0.15) is 24.1 Å². The average Bonchev–Trinajstić information content (AvgIpc) is 3.14. The Morgan fingerprint density at radius 1 is 1.33 bits per heavy atom. The first-order valence-electron chi connectivity index (χ1n) is 9.88. The van der Waals surface area contributed by atoms with Crippen LogP contribution < -0.4 is 15.5 Å². The number of nitrogens with one attached hydrogen (secondary N) is 2. The molecule has 3 aliphatic heterocycles. The predicted octanol–water partition coefficient (Wildman–Crippen LogP) is 0.109. The minimum atomic E-state index is -0.733. The summed E-state index contributed by atoms with van der Waals surface area (Å²) in [6.45, 7) is 4.95. The van der Waals surface area contributed by atoms with E-state index in [9.17, 15) is 5.26 Å². The Balaban J connectivity index is 1.77. The van der Waals surface area contributed by atoms with Crippen molar-refractivity contribution in [1.82, 2.24) is 25.5 Å². The van der Waals surface area contributed by atoms with Crippen LogP contribution in [0.25, 0.3) is 0 Å². The van der Waals surface area contributed by atoms with Gasteiger partial charge in [0.1, 0.15) is 18.1 Å². The fourth-order valence-electron chi connectivity index (χ4n) is 4.96. The highest BCUT2D eigenvalue weighted by molar-refractivity contribution is 5.53. The molecule has 2 unspecified atom stereocenters.